The highest BCUT2D eigenvalue weighted by Crippen LogP contribution is 2.31. The van der Waals surface area contributed by atoms with Gasteiger partial charge in [0.1, 0.15) is 11.4 Å². The molecule has 6 nitrogen and oxygen atoms in total. The number of hydrogen-bond acceptors (Lipinski definition) is 4. The van der Waals surface area contributed by atoms with Crippen LogP contribution in [0.5, 0.6) is 0 Å². The lowest BCUT2D eigenvalue weighted by molar-refractivity contribution is -0.132. The molecule has 0 unspecified atom stereocenters. The van der Waals surface area contributed by atoms with Crippen molar-refractivity contribution >= 4 is 17.8 Å². The number of ether oxygens (including phenoxy) is 1. The van der Waals surface area contributed by atoms with E-state index in [0.29, 0.717) is 12.4 Å². The summed E-state index contributed by atoms with van der Waals surface area (Å²) in [5.41, 5.74) is 0.472. The first kappa shape index (κ1) is 21.2. The number of likely N-dealkylation sites (tertiary alicyclic amines) is 1. The Morgan fingerprint density at radius 3 is 2.59 bits per heavy atom. The highest BCUT2D eigenvalue weighted by molar-refractivity contribution is 5.86. The van der Waals surface area contributed by atoms with Crippen molar-refractivity contribution in [1.29, 1.82) is 0 Å². The molecule has 0 aliphatic carbocycles. The van der Waals surface area contributed by atoms with Crippen molar-refractivity contribution in [1.82, 2.24) is 9.88 Å². The van der Waals surface area contributed by atoms with Gasteiger partial charge in [0.15, 0.2) is 0 Å². The Bertz CT molecular complexity index is 637. The Morgan fingerprint density at radius 1 is 1.30 bits per heavy atom. The van der Waals surface area contributed by atoms with Crippen LogP contribution in [0.2, 0.25) is 0 Å². The lowest BCUT2D eigenvalue weighted by Gasteiger charge is -2.35. The van der Waals surface area contributed by atoms with Crippen LogP contribution in [0.15, 0.2) is 18.3 Å². The normalized spacial score (nSPS) is 17.5. The van der Waals surface area contributed by atoms with E-state index in [9.17, 15) is 9.59 Å². The van der Waals surface area contributed by atoms with Crippen molar-refractivity contribution in [2.75, 3.05) is 18.0 Å². The van der Waals surface area contributed by atoms with Gasteiger partial charge in [-0.3, -0.25) is 9.69 Å². The van der Waals surface area contributed by atoms with E-state index in [0.717, 1.165) is 44.2 Å². The van der Waals surface area contributed by atoms with Crippen molar-refractivity contribution < 1.29 is 14.3 Å². The Morgan fingerprint density at radius 2 is 2.04 bits per heavy atom. The molecule has 0 saturated carbocycles. The van der Waals surface area contributed by atoms with Gasteiger partial charge in [0, 0.05) is 26.2 Å². The van der Waals surface area contributed by atoms with Crippen LogP contribution in [0, 0.1) is 0 Å². The van der Waals surface area contributed by atoms with E-state index in [-0.39, 0.29) is 18.0 Å². The smallest absolute Gasteiger partial charge is 0.416 e. The van der Waals surface area contributed by atoms with Gasteiger partial charge in [-0.2, -0.15) is 0 Å². The molecule has 6 heteroatoms. The van der Waals surface area contributed by atoms with Crippen LogP contribution >= 0.6 is 0 Å². The number of unbranched alkanes of at least 4 members (excludes halogenated alkanes) is 1. The monoisotopic (exact) mass is 375 g/mol. The van der Waals surface area contributed by atoms with Crippen LogP contribution in [0.1, 0.15) is 78.3 Å². The number of carbonyl (C=O) groups excluding carboxylic acids is 2. The third kappa shape index (κ3) is 5.94. The van der Waals surface area contributed by atoms with Crippen LogP contribution in [0.4, 0.5) is 10.6 Å². The molecule has 1 aromatic rings. The topological polar surface area (TPSA) is 62.7 Å². The van der Waals surface area contributed by atoms with Crippen LogP contribution in [-0.4, -0.2) is 40.6 Å². The van der Waals surface area contributed by atoms with Crippen LogP contribution < -0.4 is 4.90 Å². The summed E-state index contributed by atoms with van der Waals surface area (Å²) in [4.78, 5) is 32.6. The summed E-state index contributed by atoms with van der Waals surface area (Å²) in [5.74, 6) is 0.689. The van der Waals surface area contributed by atoms with Gasteiger partial charge in [0.2, 0.25) is 5.91 Å². The summed E-state index contributed by atoms with van der Waals surface area (Å²) in [6, 6.07) is 3.92. The molecule has 1 aromatic heterocycles. The van der Waals surface area contributed by atoms with E-state index in [1.807, 2.05) is 37.8 Å². The molecular weight excluding hydrogens is 342 g/mol. The second-order valence-corrected chi connectivity index (χ2v) is 8.16. The fourth-order valence-electron chi connectivity index (χ4n) is 3.34. The first-order chi connectivity index (χ1) is 12.7. The predicted octanol–water partition coefficient (Wildman–Crippen LogP) is 4.70. The molecule has 0 aromatic carbocycles. The van der Waals surface area contributed by atoms with Crippen LogP contribution in [0.25, 0.3) is 0 Å². The molecule has 27 heavy (non-hydrogen) atoms. The summed E-state index contributed by atoms with van der Waals surface area (Å²) >= 11 is 0. The number of amides is 2. The third-order valence-electron chi connectivity index (χ3n) is 4.69. The number of pyridine rings is 1. The van der Waals surface area contributed by atoms with E-state index in [4.69, 9.17) is 4.74 Å². The van der Waals surface area contributed by atoms with E-state index >= 15 is 0 Å². The average Bonchev–Trinajstić information content (AvgIpc) is 2.61. The molecule has 1 aliphatic heterocycles. The van der Waals surface area contributed by atoms with Gasteiger partial charge >= 0.3 is 6.09 Å². The zero-order valence-electron chi connectivity index (χ0n) is 17.3. The zero-order chi connectivity index (χ0) is 20.0. The Balaban J connectivity index is 2.20. The summed E-state index contributed by atoms with van der Waals surface area (Å²) < 4.78 is 5.54. The second kappa shape index (κ2) is 9.20. The molecule has 2 heterocycles. The Kier molecular flexibility index (Phi) is 7.22. The minimum atomic E-state index is -0.550. The van der Waals surface area contributed by atoms with Crippen molar-refractivity contribution in [3.63, 3.8) is 0 Å². The van der Waals surface area contributed by atoms with Crippen molar-refractivity contribution in [2.24, 2.45) is 0 Å². The summed E-state index contributed by atoms with van der Waals surface area (Å²) in [5, 5.41) is 0. The lowest BCUT2D eigenvalue weighted by atomic mass is 9.96. The molecular formula is C21H33N3O3. The summed E-state index contributed by atoms with van der Waals surface area (Å²) in [6.45, 7) is 10.7. The van der Waals surface area contributed by atoms with E-state index in [1.165, 1.54) is 0 Å². The first-order valence-corrected chi connectivity index (χ1v) is 9.96. The average molecular weight is 376 g/mol. The molecule has 1 atom stereocenters. The zero-order valence-corrected chi connectivity index (χ0v) is 17.3. The molecule has 1 fully saturated rings. The van der Waals surface area contributed by atoms with Gasteiger partial charge in [0.25, 0.3) is 0 Å². The fourth-order valence-corrected chi connectivity index (χ4v) is 3.34. The van der Waals surface area contributed by atoms with Gasteiger partial charge in [-0.05, 0) is 58.1 Å². The number of nitrogens with zero attached hydrogens (tertiary/aromatic N) is 3. The molecule has 0 N–H and O–H groups in total. The van der Waals surface area contributed by atoms with Gasteiger partial charge < -0.3 is 9.64 Å². The maximum Gasteiger partial charge on any atom is 0.416 e. The Hall–Kier alpha value is -2.11. The van der Waals surface area contributed by atoms with Crippen LogP contribution in [0.3, 0.4) is 0 Å². The van der Waals surface area contributed by atoms with Gasteiger partial charge in [-0.15, -0.1) is 0 Å². The largest absolute Gasteiger partial charge is 0.443 e. The van der Waals surface area contributed by atoms with Gasteiger partial charge in [0.05, 0.1) is 6.04 Å². The lowest BCUT2D eigenvalue weighted by Crippen LogP contribution is -2.38. The quantitative estimate of drug-likeness (QED) is 0.748. The minimum absolute atomic E-state index is 0.0726. The number of carbonyl (C=O) groups is 2. The van der Waals surface area contributed by atoms with E-state index in [2.05, 4.69) is 11.9 Å². The highest BCUT2D eigenvalue weighted by Gasteiger charge is 2.27. The third-order valence-corrected chi connectivity index (χ3v) is 4.69. The molecule has 0 spiro atoms. The number of hydrogen-bond donors (Lipinski definition) is 0. The first-order valence-electron chi connectivity index (χ1n) is 9.96. The predicted molar refractivity (Wildman–Crippen MR) is 107 cm³/mol. The molecule has 1 aliphatic rings. The molecule has 2 amide bonds. The van der Waals surface area contributed by atoms with Crippen LogP contribution in [-0.2, 0) is 9.53 Å². The minimum Gasteiger partial charge on any atom is -0.443 e. The number of piperidine rings is 1. The maximum absolute atomic E-state index is 12.6. The SMILES string of the molecule is CCCCN(C(=O)OC(C)(C)C)c1ccc([C@H]2CCCCN2C(C)=O)cn1. The molecule has 2 rings (SSSR count). The van der Waals surface area contributed by atoms with E-state index in [1.54, 1.807) is 18.0 Å². The van der Waals surface area contributed by atoms with Crippen molar-refractivity contribution in [3.8, 4) is 0 Å². The maximum atomic E-state index is 12.6. The molecule has 150 valence electrons. The summed E-state index contributed by atoms with van der Waals surface area (Å²) in [7, 11) is 0. The highest BCUT2D eigenvalue weighted by atomic mass is 16.6. The standard InChI is InChI=1S/C21H33N3O3/c1-6-7-13-24(20(26)27-21(3,4)5)19-12-11-17(15-22-19)18-10-8-9-14-23(18)16(2)25/h11-12,15,18H,6-10,13-14H2,1-5H3/t18-/m1/s1. The molecule has 0 radical (unpaired) electrons. The summed E-state index contributed by atoms with van der Waals surface area (Å²) in [6.07, 6.45) is 6.38. The second-order valence-electron chi connectivity index (χ2n) is 8.16. The molecule has 0 bridgehead atoms. The van der Waals surface area contributed by atoms with E-state index < -0.39 is 5.60 Å². The van der Waals surface area contributed by atoms with Crippen molar-refractivity contribution in [2.45, 2.75) is 78.4 Å². The van der Waals surface area contributed by atoms with Crippen molar-refractivity contribution in [3.05, 3.63) is 23.9 Å². The van der Waals surface area contributed by atoms with Gasteiger partial charge in [-0.1, -0.05) is 19.4 Å². The van der Waals surface area contributed by atoms with Gasteiger partial charge in [-0.25, -0.2) is 9.78 Å². The fraction of sp³-hybridized carbons (Fsp3) is 0.667. The molecule has 1 saturated heterocycles. The number of aromatic nitrogens is 1. The Labute approximate surface area is 162 Å². The number of rotatable bonds is 5. The number of anilines is 1.